The summed E-state index contributed by atoms with van der Waals surface area (Å²) < 4.78 is 29.4. The summed E-state index contributed by atoms with van der Waals surface area (Å²) in [5, 5.41) is 0.169. The number of rotatable bonds is 9. The lowest BCUT2D eigenvalue weighted by atomic mass is 10.2. The van der Waals surface area contributed by atoms with Crippen LogP contribution in [-0.4, -0.2) is 36.8 Å². The van der Waals surface area contributed by atoms with Gasteiger partial charge in [-0.3, -0.25) is 4.52 Å². The van der Waals surface area contributed by atoms with Gasteiger partial charge in [-0.05, 0) is 12.8 Å². The number of phosphoric acid groups is 2. The van der Waals surface area contributed by atoms with Crippen LogP contribution in [0.1, 0.15) is 12.8 Å². The molecule has 0 fully saturated rings. The first kappa shape index (κ1) is 19.5. The topological polar surface area (TPSA) is 113 Å². The molecule has 18 heavy (non-hydrogen) atoms. The Morgan fingerprint density at radius 1 is 1.22 bits per heavy atom. The van der Waals surface area contributed by atoms with Gasteiger partial charge >= 0.3 is 15.6 Å². The van der Waals surface area contributed by atoms with E-state index in [2.05, 4.69) is 40.7 Å². The summed E-state index contributed by atoms with van der Waals surface area (Å²) in [5.74, 6) is 0. The van der Waals surface area contributed by atoms with Crippen LogP contribution in [0.2, 0.25) is 0 Å². The molecule has 0 amide bonds. The lowest BCUT2D eigenvalue weighted by Crippen LogP contribution is -2.11. The molecule has 0 aliphatic rings. The fourth-order valence-electron chi connectivity index (χ4n) is 0.855. The Balaban J connectivity index is 4.01. The summed E-state index contributed by atoms with van der Waals surface area (Å²) >= 11 is 12.4. The van der Waals surface area contributed by atoms with Crippen LogP contribution in [0.3, 0.4) is 0 Å². The van der Waals surface area contributed by atoms with Gasteiger partial charge in [-0.15, -0.1) is 11.6 Å². The second kappa shape index (κ2) is 8.72. The van der Waals surface area contributed by atoms with E-state index in [-0.39, 0.29) is 11.4 Å². The molecule has 3 N–H and O–H groups in total. The molecule has 0 aliphatic heterocycles. The van der Waals surface area contributed by atoms with Crippen molar-refractivity contribution in [1.29, 1.82) is 0 Å². The van der Waals surface area contributed by atoms with Gasteiger partial charge < -0.3 is 14.7 Å². The Kier molecular flexibility index (Phi) is 9.45. The molecule has 7 nitrogen and oxygen atoms in total. The van der Waals surface area contributed by atoms with E-state index in [1.54, 1.807) is 0 Å². The average molecular weight is 454 g/mol. The molecule has 0 aliphatic carbocycles. The van der Waals surface area contributed by atoms with Crippen molar-refractivity contribution in [2.75, 3.05) is 11.9 Å². The van der Waals surface area contributed by atoms with E-state index in [1.165, 1.54) is 0 Å². The maximum absolute atomic E-state index is 11.1. The van der Waals surface area contributed by atoms with Crippen molar-refractivity contribution in [2.45, 2.75) is 23.0 Å². The van der Waals surface area contributed by atoms with Crippen molar-refractivity contribution in [3.05, 3.63) is 0 Å². The molecule has 0 saturated carbocycles. The van der Waals surface area contributed by atoms with Crippen LogP contribution in [0.25, 0.3) is 0 Å². The Morgan fingerprint density at radius 3 is 2.22 bits per heavy atom. The third-order valence-corrected chi connectivity index (χ3v) is 6.52. The fraction of sp³-hybridized carbons (Fsp3) is 1.00. The summed E-state index contributed by atoms with van der Waals surface area (Å²) in [6, 6.07) is 0. The molecule has 0 spiro atoms. The van der Waals surface area contributed by atoms with Gasteiger partial charge in [0.1, 0.15) is 0 Å². The van der Waals surface area contributed by atoms with Crippen LogP contribution in [0.5, 0.6) is 0 Å². The van der Waals surface area contributed by atoms with E-state index < -0.39 is 21.0 Å². The Bertz CT molecular complexity index is 338. The highest BCUT2D eigenvalue weighted by atomic mass is 79.9. The molecular formula is C6H13Br2ClO7P2. The van der Waals surface area contributed by atoms with E-state index in [9.17, 15) is 9.13 Å². The average Bonchev–Trinajstić information content (AvgIpc) is 2.19. The van der Waals surface area contributed by atoms with Gasteiger partial charge in [0.05, 0.1) is 12.0 Å². The second-order valence-electron chi connectivity index (χ2n) is 3.26. The predicted molar refractivity (Wildman–Crippen MR) is 74.3 cm³/mol. The van der Waals surface area contributed by atoms with E-state index in [4.69, 9.17) is 26.3 Å². The molecule has 0 rings (SSSR count). The highest BCUT2D eigenvalue weighted by molar-refractivity contribution is 9.12. The minimum absolute atomic E-state index is 0.214. The van der Waals surface area contributed by atoms with Gasteiger partial charge in [-0.25, -0.2) is 9.13 Å². The van der Waals surface area contributed by atoms with Gasteiger partial charge in [0.15, 0.2) is 0 Å². The summed E-state index contributed by atoms with van der Waals surface area (Å²) in [5.41, 5.74) is 0. The quantitative estimate of drug-likeness (QED) is 0.363. The van der Waals surface area contributed by atoms with Crippen molar-refractivity contribution in [2.24, 2.45) is 0 Å². The molecular weight excluding hydrogens is 441 g/mol. The SMILES string of the molecule is O=P(O)(O)OP(=O)(O)OCC(Cl)CCC(Br)CBr. The number of hydrogen-bond donors (Lipinski definition) is 3. The molecule has 0 bridgehead atoms. The van der Waals surface area contributed by atoms with Crippen LogP contribution in [-0.2, 0) is 18.0 Å². The second-order valence-corrected chi connectivity index (χ2v) is 8.65. The molecule has 0 aromatic rings. The molecule has 0 saturated heterocycles. The summed E-state index contributed by atoms with van der Waals surface area (Å²) in [7, 11) is -9.87. The number of phosphoric ester groups is 1. The summed E-state index contributed by atoms with van der Waals surface area (Å²) in [4.78, 5) is 25.9. The molecule has 0 aromatic carbocycles. The predicted octanol–water partition coefficient (Wildman–Crippen LogP) is 2.76. The highest BCUT2D eigenvalue weighted by Gasteiger charge is 2.32. The van der Waals surface area contributed by atoms with Crippen LogP contribution >= 0.6 is 59.1 Å². The maximum atomic E-state index is 11.1. The molecule has 0 aromatic heterocycles. The third-order valence-electron chi connectivity index (χ3n) is 1.59. The van der Waals surface area contributed by atoms with Crippen LogP contribution in [0, 0.1) is 0 Å². The normalized spacial score (nSPS) is 19.2. The third kappa shape index (κ3) is 11.3. The van der Waals surface area contributed by atoms with E-state index in [0.29, 0.717) is 12.8 Å². The molecule has 12 heteroatoms. The van der Waals surface area contributed by atoms with E-state index in [0.717, 1.165) is 5.33 Å². The van der Waals surface area contributed by atoms with Gasteiger partial charge in [0.25, 0.3) is 0 Å². The van der Waals surface area contributed by atoms with Crippen molar-refractivity contribution < 1.29 is 32.6 Å². The zero-order chi connectivity index (χ0) is 14.4. The molecule has 3 atom stereocenters. The molecule has 0 heterocycles. The van der Waals surface area contributed by atoms with Gasteiger partial charge in [-0.2, -0.15) is 4.31 Å². The van der Waals surface area contributed by atoms with Crippen molar-refractivity contribution >= 4 is 59.1 Å². The smallest absolute Gasteiger partial charge is 0.302 e. The lowest BCUT2D eigenvalue weighted by molar-refractivity contribution is 0.177. The van der Waals surface area contributed by atoms with Crippen molar-refractivity contribution in [1.82, 2.24) is 0 Å². The van der Waals surface area contributed by atoms with Crippen molar-refractivity contribution in [3.63, 3.8) is 0 Å². The highest BCUT2D eigenvalue weighted by Crippen LogP contribution is 2.57. The summed E-state index contributed by atoms with van der Waals surface area (Å²) in [6.07, 6.45) is 1.21. The monoisotopic (exact) mass is 452 g/mol. The number of halogens is 3. The zero-order valence-corrected chi connectivity index (χ0v) is 14.7. The van der Waals surface area contributed by atoms with Crippen molar-refractivity contribution in [3.8, 4) is 0 Å². The first-order chi connectivity index (χ1) is 8.06. The molecule has 0 radical (unpaired) electrons. The number of alkyl halides is 3. The molecule has 110 valence electrons. The molecule has 3 unspecified atom stereocenters. The Morgan fingerprint density at radius 2 is 1.78 bits per heavy atom. The first-order valence-electron chi connectivity index (χ1n) is 4.64. The fourth-order valence-corrected chi connectivity index (χ4v) is 3.35. The summed E-state index contributed by atoms with van der Waals surface area (Å²) in [6.45, 7) is -0.350. The first-order valence-corrected chi connectivity index (χ1v) is 10.1. The van der Waals surface area contributed by atoms with E-state index in [1.807, 2.05) is 0 Å². The maximum Gasteiger partial charge on any atom is 0.481 e. The standard InChI is InChI=1S/C6H13Br2ClO7P2/c7-3-5(8)1-2-6(9)4-15-18(13,14)16-17(10,11)12/h5-6H,1-4H2,(H,13,14)(H2,10,11,12). The van der Waals surface area contributed by atoms with E-state index >= 15 is 0 Å². The van der Waals surface area contributed by atoms with Gasteiger partial charge in [0.2, 0.25) is 0 Å². The van der Waals surface area contributed by atoms with Gasteiger partial charge in [-0.1, -0.05) is 31.9 Å². The van der Waals surface area contributed by atoms with Gasteiger partial charge in [0, 0.05) is 10.2 Å². The lowest BCUT2D eigenvalue weighted by Gasteiger charge is -2.15. The zero-order valence-electron chi connectivity index (χ0n) is 8.99. The van der Waals surface area contributed by atoms with Crippen LogP contribution < -0.4 is 0 Å². The Hall–Kier alpha value is 1.51. The minimum atomic E-state index is -5.08. The number of hydrogen-bond acceptors (Lipinski definition) is 4. The van der Waals surface area contributed by atoms with Crippen LogP contribution in [0.4, 0.5) is 0 Å². The van der Waals surface area contributed by atoms with Crippen LogP contribution in [0.15, 0.2) is 0 Å². The Labute approximate surface area is 126 Å². The largest absolute Gasteiger partial charge is 0.481 e. The minimum Gasteiger partial charge on any atom is -0.302 e.